The maximum Gasteiger partial charge on any atom is 0.417 e. The van der Waals surface area contributed by atoms with Gasteiger partial charge in [-0.15, -0.1) is 0 Å². The van der Waals surface area contributed by atoms with Crippen molar-refractivity contribution in [3.63, 3.8) is 0 Å². The van der Waals surface area contributed by atoms with Gasteiger partial charge in [-0.3, -0.25) is 0 Å². The van der Waals surface area contributed by atoms with Crippen LogP contribution in [0.4, 0.5) is 23.4 Å². The molecule has 7 nitrogen and oxygen atoms in total. The zero-order chi connectivity index (χ0) is 28.9. The molecule has 0 bridgehead atoms. The molecule has 5 aromatic rings. The Morgan fingerprint density at radius 3 is 2.71 bits per heavy atom. The molecule has 6 rings (SSSR count). The minimum Gasteiger partial charge on any atom is -0.491 e. The number of alkyl halides is 3. The van der Waals surface area contributed by atoms with Crippen LogP contribution in [0.1, 0.15) is 36.2 Å². The quantitative estimate of drug-likeness (QED) is 0.228. The average molecular weight is 565 g/mol. The van der Waals surface area contributed by atoms with Crippen molar-refractivity contribution in [2.45, 2.75) is 39.9 Å². The summed E-state index contributed by atoms with van der Waals surface area (Å²) in [5.41, 5.74) is 4.64. The van der Waals surface area contributed by atoms with Crippen LogP contribution in [0.5, 0.6) is 5.75 Å². The number of hydrogen-bond donors (Lipinski definition) is 1. The molecule has 1 N–H and O–H groups in total. The molecule has 1 aliphatic heterocycles. The number of halogens is 4. The number of H-pyrrole nitrogens is 1. The highest BCUT2D eigenvalue weighted by molar-refractivity contribution is 5.93. The Morgan fingerprint density at radius 2 is 1.95 bits per heavy atom. The first kappa shape index (κ1) is 26.8. The van der Waals surface area contributed by atoms with Crippen molar-refractivity contribution in [2.24, 2.45) is 5.92 Å². The Morgan fingerprint density at radius 1 is 1.12 bits per heavy atom. The van der Waals surface area contributed by atoms with Gasteiger partial charge in [0.15, 0.2) is 11.6 Å². The summed E-state index contributed by atoms with van der Waals surface area (Å²) in [5.74, 6) is -0.141. The largest absolute Gasteiger partial charge is 0.491 e. The second-order valence-electron chi connectivity index (χ2n) is 10.6. The van der Waals surface area contributed by atoms with Crippen LogP contribution in [-0.4, -0.2) is 37.9 Å². The molecule has 0 saturated heterocycles. The van der Waals surface area contributed by atoms with E-state index in [1.54, 1.807) is 11.1 Å². The number of ether oxygens (including phenoxy) is 1. The Balaban J connectivity index is 1.52. The van der Waals surface area contributed by atoms with E-state index < -0.39 is 17.6 Å². The van der Waals surface area contributed by atoms with Crippen LogP contribution in [0, 0.1) is 18.7 Å². The van der Waals surface area contributed by atoms with Crippen LogP contribution in [0.2, 0.25) is 0 Å². The normalized spacial score (nSPS) is 13.7. The number of aromatic nitrogens is 5. The maximum atomic E-state index is 15.0. The molecule has 5 heterocycles. The SMILES string of the molecule is Cc1cccc(OCC(C)C)c1-n1nc2c(c1-c1ccnc3[nH]ccc13)CN(c1ncc(C(F)(F)F)cc1F)CC2. The smallest absolute Gasteiger partial charge is 0.417 e. The van der Waals surface area contributed by atoms with Gasteiger partial charge in [-0.2, -0.15) is 18.3 Å². The summed E-state index contributed by atoms with van der Waals surface area (Å²) in [5, 5.41) is 5.93. The Kier molecular flexibility index (Phi) is 6.67. The predicted octanol–water partition coefficient (Wildman–Crippen LogP) is 6.87. The lowest BCUT2D eigenvalue weighted by Crippen LogP contribution is -2.32. The number of hydrogen-bond acceptors (Lipinski definition) is 5. The summed E-state index contributed by atoms with van der Waals surface area (Å²) in [4.78, 5) is 13.1. The number of anilines is 1. The molecular formula is C30H28F4N6O. The van der Waals surface area contributed by atoms with E-state index in [1.807, 2.05) is 48.1 Å². The highest BCUT2D eigenvalue weighted by Crippen LogP contribution is 2.40. The van der Waals surface area contributed by atoms with Crippen LogP contribution < -0.4 is 9.64 Å². The van der Waals surface area contributed by atoms with Crippen molar-refractivity contribution in [2.75, 3.05) is 18.1 Å². The van der Waals surface area contributed by atoms with Crippen molar-refractivity contribution in [1.82, 2.24) is 24.7 Å². The molecule has 0 unspecified atom stereocenters. The van der Waals surface area contributed by atoms with Crippen molar-refractivity contribution in [3.05, 3.63) is 83.2 Å². The molecule has 0 spiro atoms. The standard InChI is InChI=1S/C30H28F4N6O/c1-17(2)16-41-25-6-4-5-18(3)26(25)40-27(20-7-10-35-28-21(20)8-11-36-28)22-15-39(12-9-24(22)38-40)29-23(31)13-19(14-37-29)30(32,33)34/h4-8,10-11,13-14,17H,9,12,15-16H2,1-3H3,(H,35,36). The van der Waals surface area contributed by atoms with Gasteiger partial charge in [0, 0.05) is 54.6 Å². The highest BCUT2D eigenvalue weighted by atomic mass is 19.4. The predicted molar refractivity (Wildman–Crippen MR) is 148 cm³/mol. The van der Waals surface area contributed by atoms with Gasteiger partial charge in [0.25, 0.3) is 0 Å². The second kappa shape index (κ2) is 10.2. The zero-order valence-electron chi connectivity index (χ0n) is 22.8. The Hall–Kier alpha value is -4.41. The fraction of sp³-hybridized carbons (Fsp3) is 0.300. The van der Waals surface area contributed by atoms with Gasteiger partial charge in [-0.1, -0.05) is 26.0 Å². The van der Waals surface area contributed by atoms with Gasteiger partial charge in [0.2, 0.25) is 0 Å². The first-order valence-corrected chi connectivity index (χ1v) is 13.4. The maximum absolute atomic E-state index is 15.0. The van der Waals surface area contributed by atoms with Crippen LogP contribution in [-0.2, 0) is 19.1 Å². The second-order valence-corrected chi connectivity index (χ2v) is 10.6. The number of nitrogens with one attached hydrogen (secondary N) is 1. The van der Waals surface area contributed by atoms with Crippen LogP contribution in [0.25, 0.3) is 28.0 Å². The number of aryl methyl sites for hydroxylation is 1. The molecule has 4 aromatic heterocycles. The van der Waals surface area contributed by atoms with E-state index in [9.17, 15) is 13.2 Å². The molecule has 0 radical (unpaired) electrons. The summed E-state index contributed by atoms with van der Waals surface area (Å²) in [6.45, 7) is 7.23. The van der Waals surface area contributed by atoms with E-state index in [2.05, 4.69) is 28.8 Å². The number of benzene rings is 1. The minimum absolute atomic E-state index is 0.124. The van der Waals surface area contributed by atoms with E-state index in [-0.39, 0.29) is 12.4 Å². The number of nitrogens with zero attached hydrogens (tertiary/aromatic N) is 5. The molecule has 0 amide bonds. The van der Waals surface area contributed by atoms with Crippen molar-refractivity contribution >= 4 is 16.9 Å². The number of pyridine rings is 2. The van der Waals surface area contributed by atoms with E-state index >= 15 is 4.39 Å². The molecule has 0 saturated carbocycles. The summed E-state index contributed by atoms with van der Waals surface area (Å²) in [6, 6.07) is 10.2. The van der Waals surface area contributed by atoms with Gasteiger partial charge in [0.05, 0.1) is 23.6 Å². The third-order valence-electron chi connectivity index (χ3n) is 7.18. The first-order valence-electron chi connectivity index (χ1n) is 13.4. The van der Waals surface area contributed by atoms with Crippen LogP contribution in [0.3, 0.4) is 0 Å². The van der Waals surface area contributed by atoms with Gasteiger partial charge in [0.1, 0.15) is 17.1 Å². The first-order chi connectivity index (χ1) is 19.6. The highest BCUT2D eigenvalue weighted by Gasteiger charge is 2.34. The van der Waals surface area contributed by atoms with E-state index in [0.29, 0.717) is 49.2 Å². The van der Waals surface area contributed by atoms with Crippen molar-refractivity contribution in [1.29, 1.82) is 0 Å². The fourth-order valence-electron chi connectivity index (χ4n) is 5.25. The monoisotopic (exact) mass is 564 g/mol. The van der Waals surface area contributed by atoms with E-state index in [1.165, 1.54) is 0 Å². The summed E-state index contributed by atoms with van der Waals surface area (Å²) in [7, 11) is 0. The minimum atomic E-state index is -4.68. The lowest BCUT2D eigenvalue weighted by atomic mass is 9.99. The number of rotatable bonds is 6. The van der Waals surface area contributed by atoms with Crippen molar-refractivity contribution < 1.29 is 22.3 Å². The Bertz CT molecular complexity index is 1740. The summed E-state index contributed by atoms with van der Waals surface area (Å²) in [6.07, 6.45) is -0.0262. The molecule has 0 aliphatic carbocycles. The average Bonchev–Trinajstić information content (AvgIpc) is 3.55. The van der Waals surface area contributed by atoms with Crippen molar-refractivity contribution in [3.8, 4) is 22.7 Å². The number of aromatic amines is 1. The lowest BCUT2D eigenvalue weighted by molar-refractivity contribution is -0.138. The topological polar surface area (TPSA) is 71.9 Å². The molecule has 0 atom stereocenters. The molecule has 1 aliphatic rings. The number of fused-ring (bicyclic) bond motifs is 2. The third-order valence-corrected chi connectivity index (χ3v) is 7.18. The third kappa shape index (κ3) is 4.89. The number of para-hydroxylation sites is 1. The zero-order valence-corrected chi connectivity index (χ0v) is 22.8. The Labute approximate surface area is 233 Å². The molecular weight excluding hydrogens is 536 g/mol. The molecule has 0 fully saturated rings. The fourth-order valence-corrected chi connectivity index (χ4v) is 5.25. The lowest BCUT2D eigenvalue weighted by Gasteiger charge is -2.28. The summed E-state index contributed by atoms with van der Waals surface area (Å²) < 4.78 is 62.6. The van der Waals surface area contributed by atoms with Crippen LogP contribution >= 0.6 is 0 Å². The molecule has 1 aromatic carbocycles. The van der Waals surface area contributed by atoms with Crippen LogP contribution in [0.15, 0.2) is 55.0 Å². The van der Waals surface area contributed by atoms with E-state index in [4.69, 9.17) is 9.84 Å². The molecule has 11 heteroatoms. The van der Waals surface area contributed by atoms with Gasteiger partial charge in [-0.05, 0) is 42.7 Å². The van der Waals surface area contributed by atoms with Gasteiger partial charge >= 0.3 is 6.18 Å². The molecule has 212 valence electrons. The van der Waals surface area contributed by atoms with Gasteiger partial charge < -0.3 is 14.6 Å². The van der Waals surface area contributed by atoms with Gasteiger partial charge in [-0.25, -0.2) is 19.0 Å². The molecule has 41 heavy (non-hydrogen) atoms. The summed E-state index contributed by atoms with van der Waals surface area (Å²) >= 11 is 0. The van der Waals surface area contributed by atoms with E-state index in [0.717, 1.165) is 39.2 Å².